The minimum atomic E-state index is -4.82. The SMILES string of the molecule is Cc1nc(C=N)c(/N=C/n2cnc3ccc(OC(F)(F)F)cc32)n1C1CCOc2c(F)cccc21. The molecule has 0 radical (unpaired) electrons. The lowest BCUT2D eigenvalue weighted by atomic mass is 10.00. The van der Waals surface area contributed by atoms with Crippen LogP contribution in [0.2, 0.25) is 0 Å². The summed E-state index contributed by atoms with van der Waals surface area (Å²) < 4.78 is 65.0. The Kier molecular flexibility index (Phi) is 5.50. The molecule has 0 bridgehead atoms. The first-order valence-corrected chi connectivity index (χ1v) is 10.5. The number of aryl methyl sites for hydroxylation is 1. The van der Waals surface area contributed by atoms with Crippen molar-refractivity contribution in [1.82, 2.24) is 19.1 Å². The highest BCUT2D eigenvalue weighted by Crippen LogP contribution is 2.40. The zero-order valence-corrected chi connectivity index (χ0v) is 18.3. The third kappa shape index (κ3) is 4.22. The Labute approximate surface area is 196 Å². The fourth-order valence-corrected chi connectivity index (χ4v) is 4.20. The van der Waals surface area contributed by atoms with Crippen molar-refractivity contribution in [3.8, 4) is 11.5 Å². The molecule has 0 amide bonds. The third-order valence-electron chi connectivity index (χ3n) is 5.61. The van der Waals surface area contributed by atoms with Gasteiger partial charge in [-0.3, -0.25) is 4.57 Å². The molecule has 3 heterocycles. The molecule has 35 heavy (non-hydrogen) atoms. The molecule has 180 valence electrons. The van der Waals surface area contributed by atoms with E-state index in [4.69, 9.17) is 10.1 Å². The number of alkyl halides is 3. The van der Waals surface area contributed by atoms with Crippen LogP contribution < -0.4 is 9.47 Å². The van der Waals surface area contributed by atoms with Crippen molar-refractivity contribution in [3.63, 3.8) is 0 Å². The fourth-order valence-electron chi connectivity index (χ4n) is 4.20. The van der Waals surface area contributed by atoms with Crippen LogP contribution in [0.5, 0.6) is 11.5 Å². The lowest BCUT2D eigenvalue weighted by molar-refractivity contribution is -0.274. The first-order chi connectivity index (χ1) is 16.7. The second kappa shape index (κ2) is 8.53. The van der Waals surface area contributed by atoms with Crippen LogP contribution in [0, 0.1) is 18.2 Å². The van der Waals surface area contributed by atoms with Crippen molar-refractivity contribution in [2.24, 2.45) is 4.99 Å². The highest BCUT2D eigenvalue weighted by molar-refractivity contribution is 5.86. The van der Waals surface area contributed by atoms with Gasteiger partial charge in [-0.1, -0.05) is 12.1 Å². The van der Waals surface area contributed by atoms with Crippen LogP contribution in [0.25, 0.3) is 11.0 Å². The zero-order valence-electron chi connectivity index (χ0n) is 18.3. The Morgan fingerprint density at radius 3 is 2.86 bits per heavy atom. The van der Waals surface area contributed by atoms with Gasteiger partial charge in [-0.15, -0.1) is 13.2 Å². The number of aromatic nitrogens is 4. The second-order valence-corrected chi connectivity index (χ2v) is 7.79. The van der Waals surface area contributed by atoms with Gasteiger partial charge in [-0.05, 0) is 25.1 Å². The van der Waals surface area contributed by atoms with Gasteiger partial charge < -0.3 is 19.5 Å². The fraction of sp³-hybridized carbons (Fsp3) is 0.217. The topological polar surface area (TPSA) is 90.3 Å². The van der Waals surface area contributed by atoms with Gasteiger partial charge in [0.15, 0.2) is 17.4 Å². The molecule has 0 aliphatic carbocycles. The summed E-state index contributed by atoms with van der Waals surface area (Å²) in [6.07, 6.45) is -0.460. The molecule has 0 saturated carbocycles. The number of fused-ring (bicyclic) bond motifs is 2. The summed E-state index contributed by atoms with van der Waals surface area (Å²) in [7, 11) is 0. The average Bonchev–Trinajstić information content (AvgIpc) is 3.36. The number of nitrogens with zero attached hydrogens (tertiary/aromatic N) is 5. The third-order valence-corrected chi connectivity index (χ3v) is 5.61. The smallest absolute Gasteiger partial charge is 0.490 e. The number of imidazole rings is 2. The van der Waals surface area contributed by atoms with E-state index in [1.54, 1.807) is 23.6 Å². The first-order valence-electron chi connectivity index (χ1n) is 10.5. The van der Waals surface area contributed by atoms with E-state index in [0.717, 1.165) is 6.21 Å². The van der Waals surface area contributed by atoms with E-state index < -0.39 is 12.2 Å². The monoisotopic (exact) mass is 486 g/mol. The standard InChI is InChI=1S/C23H18F4N6O2/c1-13-31-18(10-28)22(33(13)19-7-8-34-21-15(19)3-2-4-16(21)24)30-12-32-11-29-17-6-5-14(9-20(17)32)35-23(25,26)27/h2-6,9-12,19,28H,7-8H2,1H3/b28-10?,30-12+. The van der Waals surface area contributed by atoms with Gasteiger partial charge in [0.2, 0.25) is 0 Å². The van der Waals surface area contributed by atoms with Crippen molar-refractivity contribution in [2.75, 3.05) is 6.61 Å². The summed E-state index contributed by atoms with van der Waals surface area (Å²) in [5.41, 5.74) is 1.70. The van der Waals surface area contributed by atoms with Crippen molar-refractivity contribution in [2.45, 2.75) is 25.7 Å². The van der Waals surface area contributed by atoms with Crippen LogP contribution >= 0.6 is 0 Å². The molecular formula is C23H18F4N6O2. The molecule has 0 spiro atoms. The maximum atomic E-state index is 14.3. The van der Waals surface area contributed by atoms with E-state index in [-0.39, 0.29) is 29.8 Å². The van der Waals surface area contributed by atoms with Gasteiger partial charge in [0.1, 0.15) is 29.9 Å². The summed E-state index contributed by atoms with van der Waals surface area (Å²) >= 11 is 0. The van der Waals surface area contributed by atoms with Crippen LogP contribution in [-0.2, 0) is 0 Å². The number of ether oxygens (including phenoxy) is 2. The molecule has 1 N–H and O–H groups in total. The predicted octanol–water partition coefficient (Wildman–Crippen LogP) is 5.16. The number of para-hydroxylation sites is 1. The zero-order chi connectivity index (χ0) is 24.7. The quantitative estimate of drug-likeness (QED) is 0.240. The van der Waals surface area contributed by atoms with Gasteiger partial charge in [0.05, 0.1) is 23.7 Å². The highest BCUT2D eigenvalue weighted by atomic mass is 19.4. The number of nitrogens with one attached hydrogen (secondary N) is 1. The van der Waals surface area contributed by atoms with Crippen LogP contribution in [0.15, 0.2) is 47.7 Å². The molecule has 1 unspecified atom stereocenters. The molecule has 1 aliphatic heterocycles. The Bertz CT molecular complexity index is 1460. The van der Waals surface area contributed by atoms with Crippen molar-refractivity contribution in [3.05, 3.63) is 65.6 Å². The molecule has 0 fully saturated rings. The summed E-state index contributed by atoms with van der Waals surface area (Å²) in [5, 5.41) is 7.78. The molecule has 2 aromatic heterocycles. The van der Waals surface area contributed by atoms with E-state index in [1.807, 2.05) is 0 Å². The summed E-state index contributed by atoms with van der Waals surface area (Å²) in [4.78, 5) is 13.1. The van der Waals surface area contributed by atoms with Crippen molar-refractivity contribution in [1.29, 1.82) is 5.41 Å². The Morgan fingerprint density at radius 1 is 1.26 bits per heavy atom. The molecule has 2 aromatic carbocycles. The number of aliphatic imine (C=N–C) groups is 1. The second-order valence-electron chi connectivity index (χ2n) is 7.79. The van der Waals surface area contributed by atoms with E-state index >= 15 is 0 Å². The summed E-state index contributed by atoms with van der Waals surface area (Å²) in [5.74, 6) is 0.213. The van der Waals surface area contributed by atoms with E-state index in [0.29, 0.717) is 34.7 Å². The van der Waals surface area contributed by atoms with E-state index in [1.165, 1.54) is 41.5 Å². The number of hydrogen-bond acceptors (Lipinski definition) is 6. The molecule has 12 heteroatoms. The maximum absolute atomic E-state index is 14.3. The lowest BCUT2D eigenvalue weighted by Gasteiger charge is -2.28. The maximum Gasteiger partial charge on any atom is 0.573 e. The van der Waals surface area contributed by atoms with Gasteiger partial charge in [-0.2, -0.15) is 0 Å². The molecule has 1 atom stereocenters. The Hall–Kier alpha value is -4.22. The largest absolute Gasteiger partial charge is 0.573 e. The minimum Gasteiger partial charge on any atom is -0.490 e. The molecule has 8 nitrogen and oxygen atoms in total. The average molecular weight is 486 g/mol. The molecule has 4 aromatic rings. The highest BCUT2D eigenvalue weighted by Gasteiger charge is 2.31. The lowest BCUT2D eigenvalue weighted by Crippen LogP contribution is -2.21. The Balaban J connectivity index is 1.57. The van der Waals surface area contributed by atoms with Crippen molar-refractivity contribution < 1.29 is 27.0 Å². The van der Waals surface area contributed by atoms with Gasteiger partial charge in [0.25, 0.3) is 0 Å². The molecular weight excluding hydrogens is 468 g/mol. The summed E-state index contributed by atoms with van der Waals surface area (Å²) in [6, 6.07) is 8.15. The molecule has 0 saturated heterocycles. The Morgan fingerprint density at radius 2 is 2.09 bits per heavy atom. The van der Waals surface area contributed by atoms with Crippen LogP contribution in [0.1, 0.15) is 29.5 Å². The number of halogens is 4. The molecule has 1 aliphatic rings. The predicted molar refractivity (Wildman–Crippen MR) is 119 cm³/mol. The summed E-state index contributed by atoms with van der Waals surface area (Å²) in [6.45, 7) is 2.04. The van der Waals surface area contributed by atoms with E-state index in [9.17, 15) is 17.6 Å². The van der Waals surface area contributed by atoms with Gasteiger partial charge in [-0.25, -0.2) is 19.4 Å². The number of rotatable bonds is 5. The van der Waals surface area contributed by atoms with Crippen molar-refractivity contribution >= 4 is 29.4 Å². The van der Waals surface area contributed by atoms with Crippen LogP contribution in [0.4, 0.5) is 23.4 Å². The van der Waals surface area contributed by atoms with Gasteiger partial charge in [0, 0.05) is 24.3 Å². The minimum absolute atomic E-state index is 0.168. The van der Waals surface area contributed by atoms with Crippen LogP contribution in [-0.4, -0.2) is 44.6 Å². The molecule has 5 rings (SSSR count). The first kappa shape index (κ1) is 22.6. The van der Waals surface area contributed by atoms with E-state index in [2.05, 4.69) is 19.7 Å². The normalized spacial score (nSPS) is 15.9. The number of hydrogen-bond donors (Lipinski definition) is 1. The van der Waals surface area contributed by atoms with Gasteiger partial charge >= 0.3 is 6.36 Å². The van der Waals surface area contributed by atoms with Crippen LogP contribution in [0.3, 0.4) is 0 Å². The number of benzene rings is 2.